The lowest BCUT2D eigenvalue weighted by Gasteiger charge is -2.58. The van der Waals surface area contributed by atoms with Crippen LogP contribution in [0.5, 0.6) is 0 Å². The van der Waals surface area contributed by atoms with E-state index >= 15 is 0 Å². The summed E-state index contributed by atoms with van der Waals surface area (Å²) >= 11 is 0. The number of rotatable bonds is 2. The zero-order valence-corrected chi connectivity index (χ0v) is 10.8. The lowest BCUT2D eigenvalue weighted by molar-refractivity contribution is -0.132. The zero-order chi connectivity index (χ0) is 12.7. The molecule has 0 radical (unpaired) electrons. The standard InChI is InChI=1S/C13H21NO3/c1-11(2,3)17-10(16)14-13-6-4-5-12(7-13,8-13)9-15/h9H,4-8H2,1-3H3,(H,14,16). The van der Waals surface area contributed by atoms with Crippen LogP contribution in [0.1, 0.15) is 52.9 Å². The number of aldehydes is 1. The molecule has 17 heavy (non-hydrogen) atoms. The van der Waals surface area contributed by atoms with Crippen molar-refractivity contribution >= 4 is 12.4 Å². The number of carbonyl (C=O) groups excluding carboxylic acids is 2. The van der Waals surface area contributed by atoms with Crippen molar-refractivity contribution in [3.05, 3.63) is 0 Å². The lowest BCUT2D eigenvalue weighted by atomic mass is 9.50. The van der Waals surface area contributed by atoms with E-state index in [9.17, 15) is 9.59 Å². The molecule has 0 aliphatic heterocycles. The summed E-state index contributed by atoms with van der Waals surface area (Å²) < 4.78 is 5.26. The van der Waals surface area contributed by atoms with Crippen molar-refractivity contribution in [2.45, 2.75) is 64.0 Å². The summed E-state index contributed by atoms with van der Waals surface area (Å²) in [6.07, 6.45) is 5.20. The first-order valence-electron chi connectivity index (χ1n) is 6.26. The summed E-state index contributed by atoms with van der Waals surface area (Å²) in [4.78, 5) is 22.8. The fraction of sp³-hybridized carbons (Fsp3) is 0.846. The third-order valence-corrected chi connectivity index (χ3v) is 3.73. The van der Waals surface area contributed by atoms with Gasteiger partial charge in [0.25, 0.3) is 0 Å². The Morgan fingerprint density at radius 1 is 1.29 bits per heavy atom. The highest BCUT2D eigenvalue weighted by molar-refractivity contribution is 5.71. The van der Waals surface area contributed by atoms with Gasteiger partial charge in [-0.2, -0.15) is 0 Å². The number of nitrogens with one attached hydrogen (secondary N) is 1. The highest BCUT2D eigenvalue weighted by Crippen LogP contribution is 2.56. The van der Waals surface area contributed by atoms with E-state index in [2.05, 4.69) is 5.32 Å². The molecule has 3 saturated carbocycles. The first kappa shape index (κ1) is 12.4. The lowest BCUT2D eigenvalue weighted by Crippen LogP contribution is -2.65. The number of carbonyl (C=O) groups is 2. The third kappa shape index (κ3) is 2.45. The smallest absolute Gasteiger partial charge is 0.408 e. The molecule has 0 aromatic heterocycles. The molecule has 4 nitrogen and oxygen atoms in total. The summed E-state index contributed by atoms with van der Waals surface area (Å²) in [5.41, 5.74) is -0.810. The molecule has 3 aliphatic rings. The van der Waals surface area contributed by atoms with Gasteiger partial charge in [0.15, 0.2) is 0 Å². The Bertz CT molecular complexity index is 337. The molecule has 96 valence electrons. The number of hydrogen-bond donors (Lipinski definition) is 1. The second kappa shape index (κ2) is 3.72. The predicted molar refractivity (Wildman–Crippen MR) is 63.7 cm³/mol. The topological polar surface area (TPSA) is 55.4 Å². The van der Waals surface area contributed by atoms with E-state index in [1.165, 1.54) is 0 Å². The highest BCUT2D eigenvalue weighted by Gasteiger charge is 2.58. The summed E-state index contributed by atoms with van der Waals surface area (Å²) in [7, 11) is 0. The molecule has 3 aliphatic carbocycles. The second-order valence-electron chi connectivity index (χ2n) is 6.59. The minimum absolute atomic E-state index is 0.159. The van der Waals surface area contributed by atoms with Gasteiger partial charge in [-0.25, -0.2) is 4.79 Å². The van der Waals surface area contributed by atoms with Gasteiger partial charge in [0, 0.05) is 11.0 Å². The van der Waals surface area contributed by atoms with Crippen molar-refractivity contribution in [2.75, 3.05) is 0 Å². The SMILES string of the molecule is CC(C)(C)OC(=O)NC12CCCC(C=O)(C1)C2. The van der Waals surface area contributed by atoms with Crippen LogP contribution >= 0.6 is 0 Å². The molecule has 1 amide bonds. The van der Waals surface area contributed by atoms with Crippen LogP contribution in [0, 0.1) is 5.41 Å². The average molecular weight is 239 g/mol. The predicted octanol–water partition coefficient (Wildman–Crippen LogP) is 2.41. The Morgan fingerprint density at radius 2 is 1.94 bits per heavy atom. The first-order chi connectivity index (χ1) is 7.78. The van der Waals surface area contributed by atoms with Gasteiger partial charge >= 0.3 is 6.09 Å². The summed E-state index contributed by atoms with van der Waals surface area (Å²) in [6, 6.07) is 0. The Labute approximate surface area is 102 Å². The van der Waals surface area contributed by atoms with Gasteiger partial charge < -0.3 is 14.8 Å². The fourth-order valence-electron chi connectivity index (χ4n) is 3.24. The van der Waals surface area contributed by atoms with E-state index in [0.29, 0.717) is 0 Å². The molecule has 0 aromatic carbocycles. The zero-order valence-electron chi connectivity index (χ0n) is 10.8. The van der Waals surface area contributed by atoms with Crippen LogP contribution in [0.15, 0.2) is 0 Å². The Morgan fingerprint density at radius 3 is 2.47 bits per heavy atom. The van der Waals surface area contributed by atoms with Gasteiger partial charge in [0.2, 0.25) is 0 Å². The Balaban J connectivity index is 1.92. The summed E-state index contributed by atoms with van der Waals surface area (Å²) in [6.45, 7) is 5.55. The monoisotopic (exact) mass is 239 g/mol. The van der Waals surface area contributed by atoms with Gasteiger partial charge in [0.05, 0.1) is 0 Å². The summed E-state index contributed by atoms with van der Waals surface area (Å²) in [5.74, 6) is 0. The van der Waals surface area contributed by atoms with Gasteiger partial charge in [-0.3, -0.25) is 0 Å². The van der Waals surface area contributed by atoms with Crippen LogP contribution in [0.2, 0.25) is 0 Å². The van der Waals surface area contributed by atoms with E-state index in [4.69, 9.17) is 4.74 Å². The molecule has 0 spiro atoms. The molecule has 0 saturated heterocycles. The quantitative estimate of drug-likeness (QED) is 0.753. The average Bonchev–Trinajstić information content (AvgIpc) is 2.13. The third-order valence-electron chi connectivity index (χ3n) is 3.73. The maximum atomic E-state index is 11.7. The minimum atomic E-state index is -0.471. The van der Waals surface area contributed by atoms with E-state index in [0.717, 1.165) is 38.4 Å². The molecule has 1 N–H and O–H groups in total. The normalized spacial score (nSPS) is 35.7. The van der Waals surface area contributed by atoms with E-state index < -0.39 is 5.60 Å². The molecule has 0 unspecified atom stereocenters. The summed E-state index contributed by atoms with van der Waals surface area (Å²) in [5, 5.41) is 2.96. The molecular weight excluding hydrogens is 218 g/mol. The number of alkyl carbamates (subject to hydrolysis) is 1. The van der Waals surface area contributed by atoms with Gasteiger partial charge in [0.1, 0.15) is 11.9 Å². The van der Waals surface area contributed by atoms with Crippen molar-refractivity contribution < 1.29 is 14.3 Å². The highest BCUT2D eigenvalue weighted by atomic mass is 16.6. The molecule has 2 bridgehead atoms. The minimum Gasteiger partial charge on any atom is -0.444 e. The molecular formula is C13H21NO3. The number of hydrogen-bond acceptors (Lipinski definition) is 3. The largest absolute Gasteiger partial charge is 0.444 e. The van der Waals surface area contributed by atoms with Crippen molar-refractivity contribution in [3.8, 4) is 0 Å². The van der Waals surface area contributed by atoms with Crippen molar-refractivity contribution in [1.82, 2.24) is 5.32 Å². The van der Waals surface area contributed by atoms with Crippen molar-refractivity contribution in [1.29, 1.82) is 0 Å². The Kier molecular flexibility index (Phi) is 2.71. The van der Waals surface area contributed by atoms with Crippen LogP contribution < -0.4 is 5.32 Å². The van der Waals surface area contributed by atoms with Crippen LogP contribution in [-0.4, -0.2) is 23.5 Å². The van der Waals surface area contributed by atoms with Gasteiger partial charge in [-0.05, 0) is 46.5 Å². The molecule has 3 fully saturated rings. The molecule has 0 aromatic rings. The van der Waals surface area contributed by atoms with Crippen LogP contribution in [-0.2, 0) is 9.53 Å². The van der Waals surface area contributed by atoms with Gasteiger partial charge in [-0.1, -0.05) is 6.42 Å². The number of amides is 1. The maximum absolute atomic E-state index is 11.7. The number of fused-ring (bicyclic) bond motifs is 2. The molecule has 0 atom stereocenters. The van der Waals surface area contributed by atoms with E-state index in [-0.39, 0.29) is 17.0 Å². The number of ether oxygens (including phenoxy) is 1. The van der Waals surface area contributed by atoms with E-state index in [1.807, 2.05) is 20.8 Å². The molecule has 4 heteroatoms. The second-order valence-corrected chi connectivity index (χ2v) is 6.59. The molecule has 3 rings (SSSR count). The first-order valence-corrected chi connectivity index (χ1v) is 6.26. The van der Waals surface area contributed by atoms with Gasteiger partial charge in [-0.15, -0.1) is 0 Å². The van der Waals surface area contributed by atoms with Crippen molar-refractivity contribution in [2.24, 2.45) is 5.41 Å². The van der Waals surface area contributed by atoms with Crippen LogP contribution in [0.3, 0.4) is 0 Å². The van der Waals surface area contributed by atoms with E-state index in [1.54, 1.807) is 0 Å². The van der Waals surface area contributed by atoms with Crippen LogP contribution in [0.25, 0.3) is 0 Å². The van der Waals surface area contributed by atoms with Crippen LogP contribution in [0.4, 0.5) is 4.79 Å². The Hall–Kier alpha value is -1.06. The van der Waals surface area contributed by atoms with Crippen molar-refractivity contribution in [3.63, 3.8) is 0 Å². The molecule has 0 heterocycles. The fourth-order valence-corrected chi connectivity index (χ4v) is 3.24. The maximum Gasteiger partial charge on any atom is 0.408 e.